The maximum absolute atomic E-state index is 12.9. The van der Waals surface area contributed by atoms with Crippen molar-refractivity contribution in [1.82, 2.24) is 4.98 Å². The lowest BCUT2D eigenvalue weighted by Crippen LogP contribution is -2.31. The number of carbonyl (C=O) groups is 2. The van der Waals surface area contributed by atoms with Crippen LogP contribution in [0.1, 0.15) is 36.1 Å². The highest BCUT2D eigenvalue weighted by Crippen LogP contribution is 2.36. The molecule has 0 spiro atoms. The molecule has 5 nitrogen and oxygen atoms in total. The second-order valence-electron chi connectivity index (χ2n) is 6.62. The van der Waals surface area contributed by atoms with E-state index in [0.29, 0.717) is 16.3 Å². The van der Waals surface area contributed by atoms with E-state index in [1.165, 1.54) is 16.7 Å². The molecule has 1 aromatic heterocycles. The van der Waals surface area contributed by atoms with Crippen LogP contribution in [0.25, 0.3) is 0 Å². The van der Waals surface area contributed by atoms with Crippen molar-refractivity contribution in [2.45, 2.75) is 42.4 Å². The number of aryl methyl sites for hydroxylation is 2. The molecule has 0 saturated carbocycles. The lowest BCUT2D eigenvalue weighted by atomic mass is 9.95. The van der Waals surface area contributed by atoms with E-state index < -0.39 is 5.25 Å². The minimum atomic E-state index is -0.553. The summed E-state index contributed by atoms with van der Waals surface area (Å²) >= 11 is 4.59. The fraction of sp³-hybridized carbons (Fsp3) is 0.300. The number of pyridine rings is 1. The Bertz CT molecular complexity index is 968. The van der Waals surface area contributed by atoms with Crippen LogP contribution in [0.3, 0.4) is 0 Å². The number of hydrogen-bond acceptors (Lipinski definition) is 5. The Morgan fingerprint density at radius 3 is 2.67 bits per heavy atom. The molecule has 0 bridgehead atoms. The lowest BCUT2D eigenvalue weighted by molar-refractivity contribution is -0.121. The van der Waals surface area contributed by atoms with Crippen LogP contribution in [-0.4, -0.2) is 22.0 Å². The second-order valence-corrected chi connectivity index (χ2v) is 8.73. The number of nitrogens with zero attached hydrogens (tertiary/aromatic N) is 3. The first kappa shape index (κ1) is 18.2. The molecule has 1 saturated heterocycles. The standard InChI is InChI=1S/C20H16BrN3O2S/c21-14-5-7-15(8-6-14)24-18(25)10-17(20(24)26)27-19-13(11-22)9-12-3-1-2-4-16(12)23-19/h5-9,17H,1-4,10H2/t17-/m0/s1. The largest absolute Gasteiger partial charge is 0.274 e. The van der Waals surface area contributed by atoms with Gasteiger partial charge in [-0.15, -0.1) is 0 Å². The fourth-order valence-electron chi connectivity index (χ4n) is 3.48. The predicted octanol–water partition coefficient (Wildman–Crippen LogP) is 4.02. The van der Waals surface area contributed by atoms with Gasteiger partial charge in [0.15, 0.2) is 0 Å². The minimum absolute atomic E-state index is 0.114. The second kappa shape index (κ2) is 7.45. The van der Waals surface area contributed by atoms with Crippen LogP contribution in [0.15, 0.2) is 39.8 Å². The quantitative estimate of drug-likeness (QED) is 0.672. The van der Waals surface area contributed by atoms with Crippen molar-refractivity contribution in [2.24, 2.45) is 0 Å². The van der Waals surface area contributed by atoms with E-state index in [-0.39, 0.29) is 18.2 Å². The average Bonchev–Trinajstić information content (AvgIpc) is 2.95. The highest BCUT2D eigenvalue weighted by molar-refractivity contribution is 9.10. The number of amides is 2. The molecular weight excluding hydrogens is 426 g/mol. The van der Waals surface area contributed by atoms with E-state index >= 15 is 0 Å². The molecule has 1 aromatic carbocycles. The van der Waals surface area contributed by atoms with Gasteiger partial charge in [-0.1, -0.05) is 27.7 Å². The van der Waals surface area contributed by atoms with Gasteiger partial charge in [0.2, 0.25) is 11.8 Å². The van der Waals surface area contributed by atoms with Gasteiger partial charge in [0.25, 0.3) is 0 Å². The number of fused-ring (bicyclic) bond motifs is 1. The third-order valence-electron chi connectivity index (χ3n) is 4.83. The smallest absolute Gasteiger partial charge is 0.247 e. The molecule has 2 amide bonds. The normalized spacial score (nSPS) is 19.1. The zero-order chi connectivity index (χ0) is 19.0. The average molecular weight is 442 g/mol. The van der Waals surface area contributed by atoms with Crippen molar-refractivity contribution < 1.29 is 9.59 Å². The molecule has 1 atom stereocenters. The Labute approximate surface area is 169 Å². The first-order valence-electron chi connectivity index (χ1n) is 8.78. The summed E-state index contributed by atoms with van der Waals surface area (Å²) in [5.41, 5.74) is 3.20. The van der Waals surface area contributed by atoms with Crippen LogP contribution in [0.4, 0.5) is 5.69 Å². The molecule has 0 unspecified atom stereocenters. The number of hydrogen-bond donors (Lipinski definition) is 0. The molecule has 136 valence electrons. The number of aromatic nitrogens is 1. The Balaban J connectivity index is 1.60. The van der Waals surface area contributed by atoms with Gasteiger partial charge in [0, 0.05) is 16.6 Å². The summed E-state index contributed by atoms with van der Waals surface area (Å²) in [5, 5.41) is 9.50. The van der Waals surface area contributed by atoms with E-state index in [0.717, 1.165) is 41.4 Å². The Morgan fingerprint density at radius 2 is 1.93 bits per heavy atom. The van der Waals surface area contributed by atoms with Crippen molar-refractivity contribution in [3.8, 4) is 6.07 Å². The van der Waals surface area contributed by atoms with Gasteiger partial charge < -0.3 is 0 Å². The van der Waals surface area contributed by atoms with Crippen LogP contribution in [-0.2, 0) is 22.4 Å². The van der Waals surface area contributed by atoms with E-state index in [2.05, 4.69) is 27.0 Å². The number of imide groups is 1. The molecule has 7 heteroatoms. The summed E-state index contributed by atoms with van der Waals surface area (Å²) < 4.78 is 0.883. The van der Waals surface area contributed by atoms with Crippen molar-refractivity contribution in [2.75, 3.05) is 4.90 Å². The fourth-order valence-corrected chi connectivity index (χ4v) is 4.84. The number of carbonyl (C=O) groups excluding carboxylic acids is 2. The summed E-state index contributed by atoms with van der Waals surface area (Å²) in [7, 11) is 0. The summed E-state index contributed by atoms with van der Waals surface area (Å²) in [6, 6.07) is 11.2. The maximum atomic E-state index is 12.9. The number of benzene rings is 1. The van der Waals surface area contributed by atoms with Gasteiger partial charge in [-0.05, 0) is 61.6 Å². The molecule has 2 heterocycles. The van der Waals surface area contributed by atoms with Gasteiger partial charge in [0.1, 0.15) is 11.1 Å². The number of halogens is 1. The molecule has 2 aliphatic rings. The highest BCUT2D eigenvalue weighted by Gasteiger charge is 2.40. The molecule has 1 fully saturated rings. The molecular formula is C20H16BrN3O2S. The van der Waals surface area contributed by atoms with Crippen molar-refractivity contribution in [1.29, 1.82) is 5.26 Å². The zero-order valence-corrected chi connectivity index (χ0v) is 16.8. The molecule has 4 rings (SSSR count). The van der Waals surface area contributed by atoms with Crippen molar-refractivity contribution in [3.05, 3.63) is 51.6 Å². The van der Waals surface area contributed by atoms with Crippen LogP contribution in [0, 0.1) is 11.3 Å². The molecule has 1 aliphatic carbocycles. The van der Waals surface area contributed by atoms with Crippen LogP contribution < -0.4 is 4.90 Å². The Kier molecular flexibility index (Phi) is 5.02. The van der Waals surface area contributed by atoms with Gasteiger partial charge >= 0.3 is 0 Å². The van der Waals surface area contributed by atoms with Crippen LogP contribution >= 0.6 is 27.7 Å². The van der Waals surface area contributed by atoms with Crippen LogP contribution in [0.2, 0.25) is 0 Å². The SMILES string of the molecule is N#Cc1cc2c(nc1S[C@H]1CC(=O)N(c3ccc(Br)cc3)C1=O)CCCC2. The van der Waals surface area contributed by atoms with Gasteiger partial charge in [-0.3, -0.25) is 9.59 Å². The van der Waals surface area contributed by atoms with Crippen LogP contribution in [0.5, 0.6) is 0 Å². The molecule has 27 heavy (non-hydrogen) atoms. The first-order chi connectivity index (χ1) is 13.1. The van der Waals surface area contributed by atoms with E-state index in [1.807, 2.05) is 6.07 Å². The number of rotatable bonds is 3. The maximum Gasteiger partial charge on any atom is 0.247 e. The summed E-state index contributed by atoms with van der Waals surface area (Å²) in [4.78, 5) is 31.2. The Hall–Kier alpha value is -2.17. The lowest BCUT2D eigenvalue weighted by Gasteiger charge is -2.18. The van der Waals surface area contributed by atoms with Gasteiger partial charge in [-0.2, -0.15) is 5.26 Å². The third-order valence-corrected chi connectivity index (χ3v) is 6.55. The molecule has 0 radical (unpaired) electrons. The summed E-state index contributed by atoms with van der Waals surface area (Å²) in [6.07, 6.45) is 4.17. The molecule has 2 aromatic rings. The predicted molar refractivity (Wildman–Crippen MR) is 106 cm³/mol. The van der Waals surface area contributed by atoms with E-state index in [1.54, 1.807) is 24.3 Å². The third kappa shape index (κ3) is 3.52. The molecule has 0 N–H and O–H groups in total. The summed E-state index contributed by atoms with van der Waals surface area (Å²) in [5.74, 6) is -0.480. The minimum Gasteiger partial charge on any atom is -0.274 e. The Morgan fingerprint density at radius 1 is 1.19 bits per heavy atom. The van der Waals surface area contributed by atoms with Gasteiger partial charge in [0.05, 0.1) is 16.5 Å². The van der Waals surface area contributed by atoms with E-state index in [9.17, 15) is 14.9 Å². The number of nitriles is 1. The monoisotopic (exact) mass is 441 g/mol. The van der Waals surface area contributed by atoms with Crippen molar-refractivity contribution >= 4 is 45.2 Å². The number of thioether (sulfide) groups is 1. The van der Waals surface area contributed by atoms with E-state index in [4.69, 9.17) is 0 Å². The number of anilines is 1. The van der Waals surface area contributed by atoms with Gasteiger partial charge in [-0.25, -0.2) is 9.88 Å². The van der Waals surface area contributed by atoms with Crippen molar-refractivity contribution in [3.63, 3.8) is 0 Å². The summed E-state index contributed by atoms with van der Waals surface area (Å²) in [6.45, 7) is 0. The first-order valence-corrected chi connectivity index (χ1v) is 10.5. The topological polar surface area (TPSA) is 74.1 Å². The highest BCUT2D eigenvalue weighted by atomic mass is 79.9. The molecule has 1 aliphatic heterocycles. The zero-order valence-electron chi connectivity index (χ0n) is 14.4.